The lowest BCUT2D eigenvalue weighted by Gasteiger charge is -2.36. The second-order valence-corrected chi connectivity index (χ2v) is 5.64. The highest BCUT2D eigenvalue weighted by Gasteiger charge is 2.37. The number of ether oxygens (including phenoxy) is 1. The van der Waals surface area contributed by atoms with Crippen molar-refractivity contribution in [2.45, 2.75) is 32.8 Å². The molecule has 1 aliphatic heterocycles. The molecule has 0 saturated heterocycles. The molecule has 100 valence electrons. The van der Waals surface area contributed by atoms with Gasteiger partial charge in [0.2, 0.25) is 0 Å². The third kappa shape index (κ3) is 2.38. The Morgan fingerprint density at radius 3 is 2.72 bits per heavy atom. The van der Waals surface area contributed by atoms with Gasteiger partial charge in [0.1, 0.15) is 11.9 Å². The Morgan fingerprint density at radius 1 is 1.44 bits per heavy atom. The van der Waals surface area contributed by atoms with Crippen molar-refractivity contribution in [3.8, 4) is 5.75 Å². The molecular formula is C15H23NO2. The molecule has 0 radical (unpaired) electrons. The van der Waals surface area contributed by atoms with Gasteiger partial charge in [0.25, 0.3) is 0 Å². The van der Waals surface area contributed by atoms with Crippen molar-refractivity contribution in [2.75, 3.05) is 13.2 Å². The summed E-state index contributed by atoms with van der Waals surface area (Å²) in [7, 11) is 0. The van der Waals surface area contributed by atoms with Gasteiger partial charge in [-0.1, -0.05) is 32.0 Å². The first-order valence-corrected chi connectivity index (χ1v) is 6.67. The van der Waals surface area contributed by atoms with Crippen molar-refractivity contribution in [1.29, 1.82) is 0 Å². The molecule has 3 nitrogen and oxygen atoms in total. The highest BCUT2D eigenvalue weighted by molar-refractivity contribution is 5.37. The van der Waals surface area contributed by atoms with Crippen LogP contribution in [0, 0.1) is 11.3 Å². The molecule has 0 amide bonds. The maximum atomic E-state index is 9.69. The zero-order valence-electron chi connectivity index (χ0n) is 11.2. The predicted octanol–water partition coefficient (Wildman–Crippen LogP) is 1.97. The molecule has 0 bridgehead atoms. The van der Waals surface area contributed by atoms with Crippen molar-refractivity contribution in [1.82, 2.24) is 0 Å². The highest BCUT2D eigenvalue weighted by Crippen LogP contribution is 2.37. The SMILES string of the molecule is CC(C)C(CN)(CO)CC1Cc2ccccc2O1. The number of hydrogen-bond acceptors (Lipinski definition) is 3. The van der Waals surface area contributed by atoms with Gasteiger partial charge in [-0.15, -0.1) is 0 Å². The lowest BCUT2D eigenvalue weighted by molar-refractivity contribution is 0.0375. The summed E-state index contributed by atoms with van der Waals surface area (Å²) >= 11 is 0. The molecule has 2 atom stereocenters. The number of fused-ring (bicyclic) bond motifs is 1. The van der Waals surface area contributed by atoms with E-state index in [2.05, 4.69) is 19.9 Å². The van der Waals surface area contributed by atoms with E-state index in [1.807, 2.05) is 18.2 Å². The average molecular weight is 249 g/mol. The van der Waals surface area contributed by atoms with Crippen LogP contribution in [0.25, 0.3) is 0 Å². The van der Waals surface area contributed by atoms with E-state index in [0.717, 1.165) is 18.6 Å². The van der Waals surface area contributed by atoms with Crippen LogP contribution in [0.1, 0.15) is 25.8 Å². The Kier molecular flexibility index (Phi) is 3.93. The molecule has 1 heterocycles. The molecular weight excluding hydrogens is 226 g/mol. The highest BCUT2D eigenvalue weighted by atomic mass is 16.5. The van der Waals surface area contributed by atoms with Crippen LogP contribution in [0.5, 0.6) is 5.75 Å². The zero-order valence-corrected chi connectivity index (χ0v) is 11.2. The Hall–Kier alpha value is -1.06. The molecule has 0 aromatic heterocycles. The monoisotopic (exact) mass is 249 g/mol. The van der Waals surface area contributed by atoms with E-state index >= 15 is 0 Å². The van der Waals surface area contributed by atoms with Crippen molar-refractivity contribution in [2.24, 2.45) is 17.1 Å². The van der Waals surface area contributed by atoms with Gasteiger partial charge < -0.3 is 15.6 Å². The summed E-state index contributed by atoms with van der Waals surface area (Å²) in [5.74, 6) is 1.33. The zero-order chi connectivity index (χ0) is 13.2. The van der Waals surface area contributed by atoms with E-state index in [-0.39, 0.29) is 18.1 Å². The minimum atomic E-state index is -0.229. The summed E-state index contributed by atoms with van der Waals surface area (Å²) in [5, 5.41) is 9.69. The summed E-state index contributed by atoms with van der Waals surface area (Å²) in [6.45, 7) is 4.85. The van der Waals surface area contributed by atoms with Crippen LogP contribution in [0.4, 0.5) is 0 Å². The number of nitrogens with two attached hydrogens (primary N) is 1. The first kappa shape index (κ1) is 13.4. The maximum absolute atomic E-state index is 9.69. The lowest BCUT2D eigenvalue weighted by Crippen LogP contribution is -2.42. The molecule has 0 aliphatic carbocycles. The first-order valence-electron chi connectivity index (χ1n) is 6.67. The first-order chi connectivity index (χ1) is 8.61. The number of para-hydroxylation sites is 1. The third-order valence-electron chi connectivity index (χ3n) is 4.29. The van der Waals surface area contributed by atoms with Gasteiger partial charge in [-0.3, -0.25) is 0 Å². The number of aliphatic hydroxyl groups excluding tert-OH is 1. The molecule has 18 heavy (non-hydrogen) atoms. The van der Waals surface area contributed by atoms with E-state index in [9.17, 15) is 5.11 Å². The molecule has 3 N–H and O–H groups in total. The van der Waals surface area contributed by atoms with Gasteiger partial charge >= 0.3 is 0 Å². The number of aliphatic hydroxyl groups is 1. The summed E-state index contributed by atoms with van der Waals surface area (Å²) in [5.41, 5.74) is 6.92. The molecule has 2 rings (SSSR count). The molecule has 1 aliphatic rings. The normalized spacial score (nSPS) is 21.5. The quantitative estimate of drug-likeness (QED) is 0.839. The fraction of sp³-hybridized carbons (Fsp3) is 0.600. The van der Waals surface area contributed by atoms with E-state index in [4.69, 9.17) is 10.5 Å². The van der Waals surface area contributed by atoms with Crippen LogP contribution in [0.15, 0.2) is 24.3 Å². The van der Waals surface area contributed by atoms with Crippen LogP contribution in [0.3, 0.4) is 0 Å². The maximum Gasteiger partial charge on any atom is 0.123 e. The van der Waals surface area contributed by atoms with Crippen LogP contribution in [-0.4, -0.2) is 24.4 Å². The topological polar surface area (TPSA) is 55.5 Å². The van der Waals surface area contributed by atoms with E-state index < -0.39 is 0 Å². The summed E-state index contributed by atoms with van der Waals surface area (Å²) in [6.07, 6.45) is 1.87. The molecule has 0 saturated carbocycles. The van der Waals surface area contributed by atoms with Crippen molar-refractivity contribution in [3.63, 3.8) is 0 Å². The summed E-state index contributed by atoms with van der Waals surface area (Å²) in [6, 6.07) is 8.14. The Balaban J connectivity index is 2.08. The van der Waals surface area contributed by atoms with Crippen LogP contribution >= 0.6 is 0 Å². The second kappa shape index (κ2) is 5.29. The smallest absolute Gasteiger partial charge is 0.123 e. The van der Waals surface area contributed by atoms with E-state index in [1.165, 1.54) is 5.56 Å². The number of rotatable bonds is 5. The fourth-order valence-corrected chi connectivity index (χ4v) is 2.69. The summed E-state index contributed by atoms with van der Waals surface area (Å²) in [4.78, 5) is 0. The molecule has 1 aromatic rings. The predicted molar refractivity (Wildman–Crippen MR) is 72.6 cm³/mol. The van der Waals surface area contributed by atoms with Crippen LogP contribution < -0.4 is 10.5 Å². The Labute approximate surface area is 109 Å². The Morgan fingerprint density at radius 2 is 2.17 bits per heavy atom. The molecule has 3 heteroatoms. The average Bonchev–Trinajstić information content (AvgIpc) is 2.77. The molecule has 0 fully saturated rings. The van der Waals surface area contributed by atoms with Gasteiger partial charge in [-0.05, 0) is 24.0 Å². The van der Waals surface area contributed by atoms with Gasteiger partial charge in [0, 0.05) is 18.4 Å². The standard InChI is InChI=1S/C15H23NO2/c1-11(2)15(9-16,10-17)8-13-7-12-5-3-4-6-14(12)18-13/h3-6,11,13,17H,7-10,16H2,1-2H3. The van der Waals surface area contributed by atoms with Crippen LogP contribution in [0.2, 0.25) is 0 Å². The second-order valence-electron chi connectivity index (χ2n) is 5.64. The van der Waals surface area contributed by atoms with E-state index in [1.54, 1.807) is 0 Å². The minimum absolute atomic E-state index is 0.122. The molecule has 1 aromatic carbocycles. The van der Waals surface area contributed by atoms with Gasteiger partial charge in [0.15, 0.2) is 0 Å². The van der Waals surface area contributed by atoms with E-state index in [0.29, 0.717) is 12.5 Å². The van der Waals surface area contributed by atoms with Gasteiger partial charge in [-0.25, -0.2) is 0 Å². The van der Waals surface area contributed by atoms with Crippen molar-refractivity contribution >= 4 is 0 Å². The lowest BCUT2D eigenvalue weighted by atomic mass is 9.73. The molecule has 2 unspecified atom stereocenters. The number of benzene rings is 1. The van der Waals surface area contributed by atoms with Crippen LogP contribution in [-0.2, 0) is 6.42 Å². The molecule has 0 spiro atoms. The minimum Gasteiger partial charge on any atom is -0.490 e. The van der Waals surface area contributed by atoms with Crippen molar-refractivity contribution < 1.29 is 9.84 Å². The fourth-order valence-electron chi connectivity index (χ4n) is 2.69. The number of hydrogen-bond donors (Lipinski definition) is 2. The Bertz CT molecular complexity index is 374. The van der Waals surface area contributed by atoms with Gasteiger partial charge in [0.05, 0.1) is 6.61 Å². The van der Waals surface area contributed by atoms with Gasteiger partial charge in [-0.2, -0.15) is 0 Å². The largest absolute Gasteiger partial charge is 0.490 e. The van der Waals surface area contributed by atoms with Crippen molar-refractivity contribution in [3.05, 3.63) is 29.8 Å². The summed E-state index contributed by atoms with van der Waals surface area (Å²) < 4.78 is 5.95. The third-order valence-corrected chi connectivity index (χ3v) is 4.29.